The molecule has 0 bridgehead atoms. The number of carbonyl (C=O) groups excluding carboxylic acids is 1. The molecule has 0 saturated heterocycles. The fourth-order valence-electron chi connectivity index (χ4n) is 2.19. The van der Waals surface area contributed by atoms with E-state index in [4.69, 9.17) is 10.5 Å². The molecule has 1 aromatic rings. The van der Waals surface area contributed by atoms with Crippen LogP contribution >= 0.6 is 0 Å². The first-order valence-electron chi connectivity index (χ1n) is 6.67. The van der Waals surface area contributed by atoms with Gasteiger partial charge in [-0.15, -0.1) is 0 Å². The van der Waals surface area contributed by atoms with E-state index in [1.165, 1.54) is 0 Å². The second kappa shape index (κ2) is 8.63. The van der Waals surface area contributed by atoms with E-state index in [1.807, 2.05) is 31.0 Å². The number of nitrogens with one attached hydrogen (secondary N) is 1. The average molecular weight is 280 g/mol. The Hall–Kier alpha value is -1.50. The van der Waals surface area contributed by atoms with Crippen LogP contribution in [0.5, 0.6) is 0 Å². The first kappa shape index (κ1) is 16.6. The molecule has 6 heteroatoms. The summed E-state index contributed by atoms with van der Waals surface area (Å²) in [5.41, 5.74) is 7.11. The van der Waals surface area contributed by atoms with Gasteiger partial charge < -0.3 is 15.8 Å². The van der Waals surface area contributed by atoms with Gasteiger partial charge in [0.25, 0.3) is 0 Å². The first-order valence-corrected chi connectivity index (χ1v) is 6.67. The van der Waals surface area contributed by atoms with Gasteiger partial charge in [0.05, 0.1) is 13.2 Å². The molecule has 2 atom stereocenters. The number of hydrogen-bond donors (Lipinski definition) is 2. The van der Waals surface area contributed by atoms with Gasteiger partial charge in [0.15, 0.2) is 0 Å². The smallest absolute Gasteiger partial charge is 0.234 e. The van der Waals surface area contributed by atoms with Crippen molar-refractivity contribution in [3.8, 4) is 0 Å². The van der Waals surface area contributed by atoms with E-state index in [2.05, 4.69) is 10.3 Å². The topological polar surface area (TPSA) is 80.5 Å². The minimum atomic E-state index is -0.0887. The van der Waals surface area contributed by atoms with Crippen molar-refractivity contribution in [1.29, 1.82) is 0 Å². The molecule has 0 spiro atoms. The van der Waals surface area contributed by atoms with Crippen LogP contribution in [0.2, 0.25) is 0 Å². The van der Waals surface area contributed by atoms with Crippen molar-refractivity contribution in [2.75, 3.05) is 33.9 Å². The second-order valence-corrected chi connectivity index (χ2v) is 4.84. The van der Waals surface area contributed by atoms with Crippen molar-refractivity contribution in [3.05, 3.63) is 30.1 Å². The highest BCUT2D eigenvalue weighted by molar-refractivity contribution is 5.78. The largest absolute Gasteiger partial charge is 0.383 e. The summed E-state index contributed by atoms with van der Waals surface area (Å²) in [6.07, 6.45) is 3.47. The molecule has 6 nitrogen and oxygen atoms in total. The minimum absolute atomic E-state index is 0.0221. The zero-order valence-electron chi connectivity index (χ0n) is 12.4. The number of methoxy groups -OCH3 is 1. The monoisotopic (exact) mass is 280 g/mol. The zero-order chi connectivity index (χ0) is 15.0. The van der Waals surface area contributed by atoms with Crippen molar-refractivity contribution in [2.45, 2.75) is 19.0 Å². The van der Waals surface area contributed by atoms with Crippen LogP contribution in [-0.2, 0) is 9.53 Å². The molecular weight excluding hydrogens is 256 g/mol. The van der Waals surface area contributed by atoms with E-state index < -0.39 is 0 Å². The van der Waals surface area contributed by atoms with Gasteiger partial charge in [0.1, 0.15) is 0 Å². The van der Waals surface area contributed by atoms with Crippen LogP contribution in [0.3, 0.4) is 0 Å². The van der Waals surface area contributed by atoms with E-state index in [9.17, 15) is 4.79 Å². The summed E-state index contributed by atoms with van der Waals surface area (Å²) in [6, 6.07) is 3.74. The lowest BCUT2D eigenvalue weighted by molar-refractivity contribution is -0.122. The van der Waals surface area contributed by atoms with Gasteiger partial charge in [0, 0.05) is 38.1 Å². The lowest BCUT2D eigenvalue weighted by atomic mass is 10.0. The number of nitrogens with zero attached hydrogens (tertiary/aromatic N) is 2. The summed E-state index contributed by atoms with van der Waals surface area (Å²) >= 11 is 0. The summed E-state index contributed by atoms with van der Waals surface area (Å²) in [5.74, 6) is -0.0377. The Labute approximate surface area is 120 Å². The van der Waals surface area contributed by atoms with Crippen LogP contribution < -0.4 is 11.1 Å². The molecule has 1 aromatic heterocycles. The second-order valence-electron chi connectivity index (χ2n) is 4.84. The predicted octanol–water partition coefficient (Wildman–Crippen LogP) is 0.164. The highest BCUT2D eigenvalue weighted by Crippen LogP contribution is 2.21. The Kier molecular flexibility index (Phi) is 7.14. The van der Waals surface area contributed by atoms with Crippen LogP contribution in [0.25, 0.3) is 0 Å². The summed E-state index contributed by atoms with van der Waals surface area (Å²) in [7, 11) is 3.50. The molecule has 3 N–H and O–H groups in total. The third-order valence-electron chi connectivity index (χ3n) is 3.04. The summed E-state index contributed by atoms with van der Waals surface area (Å²) in [5, 5.41) is 2.80. The molecule has 1 amide bonds. The minimum Gasteiger partial charge on any atom is -0.383 e. The maximum absolute atomic E-state index is 11.8. The highest BCUT2D eigenvalue weighted by atomic mass is 16.5. The number of amides is 1. The molecule has 0 saturated carbocycles. The number of ether oxygens (including phenoxy) is 1. The SMILES string of the molecule is COCCNC(=O)CN(C)C(c1ccncc1)C(C)N. The normalized spacial score (nSPS) is 14.1. The van der Waals surface area contributed by atoms with E-state index in [1.54, 1.807) is 19.5 Å². The molecule has 20 heavy (non-hydrogen) atoms. The molecule has 1 heterocycles. The lowest BCUT2D eigenvalue weighted by Gasteiger charge is -2.30. The van der Waals surface area contributed by atoms with Crippen LogP contribution in [0.1, 0.15) is 18.5 Å². The average Bonchev–Trinajstić information content (AvgIpc) is 2.39. The summed E-state index contributed by atoms with van der Waals surface area (Å²) < 4.78 is 4.90. The van der Waals surface area contributed by atoms with Gasteiger partial charge in [-0.05, 0) is 31.7 Å². The molecule has 0 aromatic carbocycles. The number of aromatic nitrogens is 1. The van der Waals surface area contributed by atoms with Crippen molar-refractivity contribution < 1.29 is 9.53 Å². The third-order valence-corrected chi connectivity index (χ3v) is 3.04. The molecule has 112 valence electrons. The van der Waals surface area contributed by atoms with E-state index in [-0.39, 0.29) is 24.5 Å². The lowest BCUT2D eigenvalue weighted by Crippen LogP contribution is -2.43. The molecule has 0 aliphatic heterocycles. The predicted molar refractivity (Wildman–Crippen MR) is 78.1 cm³/mol. The molecule has 1 rings (SSSR count). The van der Waals surface area contributed by atoms with Crippen LogP contribution in [-0.4, -0.2) is 55.7 Å². The summed E-state index contributed by atoms with van der Waals surface area (Å²) in [6.45, 7) is 3.25. The van der Waals surface area contributed by atoms with Gasteiger partial charge >= 0.3 is 0 Å². The Balaban J connectivity index is 2.61. The van der Waals surface area contributed by atoms with E-state index >= 15 is 0 Å². The zero-order valence-corrected chi connectivity index (χ0v) is 12.4. The Morgan fingerprint density at radius 2 is 2.15 bits per heavy atom. The number of hydrogen-bond acceptors (Lipinski definition) is 5. The molecular formula is C14H24N4O2. The number of pyridine rings is 1. The number of likely N-dealkylation sites (N-methyl/N-ethyl adjacent to an activating group) is 1. The standard InChI is InChI=1S/C14H24N4O2/c1-11(15)14(12-4-6-16-7-5-12)18(2)10-13(19)17-8-9-20-3/h4-7,11,14H,8-10,15H2,1-3H3,(H,17,19). The van der Waals surface area contributed by atoms with Crippen molar-refractivity contribution in [3.63, 3.8) is 0 Å². The fourth-order valence-corrected chi connectivity index (χ4v) is 2.19. The molecule has 0 radical (unpaired) electrons. The molecule has 0 fully saturated rings. The summed E-state index contributed by atoms with van der Waals surface area (Å²) in [4.78, 5) is 17.8. The van der Waals surface area contributed by atoms with E-state index in [0.29, 0.717) is 13.2 Å². The van der Waals surface area contributed by atoms with Gasteiger partial charge in [-0.2, -0.15) is 0 Å². The maximum Gasteiger partial charge on any atom is 0.234 e. The molecule has 2 unspecified atom stereocenters. The molecule has 0 aliphatic rings. The Bertz CT molecular complexity index is 397. The van der Waals surface area contributed by atoms with Crippen LogP contribution in [0.4, 0.5) is 0 Å². The fraction of sp³-hybridized carbons (Fsp3) is 0.571. The van der Waals surface area contributed by atoms with Gasteiger partial charge in [-0.1, -0.05) is 0 Å². The van der Waals surface area contributed by atoms with Crippen molar-refractivity contribution >= 4 is 5.91 Å². The first-order chi connectivity index (χ1) is 9.56. The molecule has 0 aliphatic carbocycles. The van der Waals surface area contributed by atoms with Crippen molar-refractivity contribution in [2.24, 2.45) is 5.73 Å². The number of carbonyl (C=O) groups is 1. The van der Waals surface area contributed by atoms with Crippen LogP contribution in [0, 0.1) is 0 Å². The van der Waals surface area contributed by atoms with Crippen molar-refractivity contribution in [1.82, 2.24) is 15.2 Å². The quantitative estimate of drug-likeness (QED) is 0.663. The maximum atomic E-state index is 11.8. The highest BCUT2D eigenvalue weighted by Gasteiger charge is 2.22. The van der Waals surface area contributed by atoms with Gasteiger partial charge in [-0.3, -0.25) is 14.7 Å². The Morgan fingerprint density at radius 1 is 1.50 bits per heavy atom. The number of rotatable bonds is 8. The Morgan fingerprint density at radius 3 is 2.70 bits per heavy atom. The number of nitrogens with two attached hydrogens (primary N) is 1. The van der Waals surface area contributed by atoms with Gasteiger partial charge in [0.2, 0.25) is 5.91 Å². The third kappa shape index (κ3) is 5.24. The van der Waals surface area contributed by atoms with E-state index in [0.717, 1.165) is 5.56 Å². The van der Waals surface area contributed by atoms with Crippen LogP contribution in [0.15, 0.2) is 24.5 Å². The van der Waals surface area contributed by atoms with Gasteiger partial charge in [-0.25, -0.2) is 0 Å².